The number of hydrogen-bond donors (Lipinski definition) is 3. The van der Waals surface area contributed by atoms with Crippen molar-refractivity contribution in [1.29, 1.82) is 0 Å². The lowest BCUT2D eigenvalue weighted by atomic mass is 9.85. The number of alkyl halides is 2. The Balaban J connectivity index is 1.53. The molecule has 42 heavy (non-hydrogen) atoms. The summed E-state index contributed by atoms with van der Waals surface area (Å²) in [7, 11) is 0. The van der Waals surface area contributed by atoms with E-state index in [1.54, 1.807) is 45.0 Å². The summed E-state index contributed by atoms with van der Waals surface area (Å²) in [6, 6.07) is 9.71. The number of alkyl carbamates (subject to hydrolysis) is 1. The van der Waals surface area contributed by atoms with Gasteiger partial charge in [-0.1, -0.05) is 29.8 Å². The van der Waals surface area contributed by atoms with Crippen molar-refractivity contribution in [2.24, 2.45) is 0 Å². The molecule has 0 saturated heterocycles. The maximum absolute atomic E-state index is 15.3. The Morgan fingerprint density at radius 3 is 2.52 bits per heavy atom. The lowest BCUT2D eigenvalue weighted by Crippen LogP contribution is -2.42. The summed E-state index contributed by atoms with van der Waals surface area (Å²) >= 11 is 6.13. The molecule has 12 heteroatoms. The Morgan fingerprint density at radius 1 is 1.17 bits per heavy atom. The van der Waals surface area contributed by atoms with E-state index >= 15 is 4.39 Å². The van der Waals surface area contributed by atoms with Crippen LogP contribution >= 0.6 is 11.6 Å². The number of carbonyl (C=O) groups excluding carboxylic acids is 2. The summed E-state index contributed by atoms with van der Waals surface area (Å²) in [6.45, 7) is 5.15. The standard InChI is InChI=1S/C30H33ClF3N5O3/c1-29(2,3)39-28(41)42-16-24(18-5-4-6-20(31)13-18)38-27(40)21-8-7-19(14-22(21)32)25-26(35)36-15-23(37-25)17-9-11-30(33,34)12-10-17/h4-8,13-15,17,24H,9-12,16H2,1-3H3,(H2,35,36)(H,38,40)(H,39,41)/t24-/m1/s1. The van der Waals surface area contributed by atoms with Crippen LogP contribution in [0, 0.1) is 5.82 Å². The zero-order chi connectivity index (χ0) is 30.7. The van der Waals surface area contributed by atoms with Gasteiger partial charge < -0.3 is 21.1 Å². The topological polar surface area (TPSA) is 119 Å². The number of halogens is 4. The summed E-state index contributed by atoms with van der Waals surface area (Å²) in [4.78, 5) is 34.1. The average Bonchev–Trinajstić information content (AvgIpc) is 2.90. The molecule has 1 atom stereocenters. The highest BCUT2D eigenvalue weighted by molar-refractivity contribution is 6.30. The van der Waals surface area contributed by atoms with E-state index in [0.29, 0.717) is 16.3 Å². The summed E-state index contributed by atoms with van der Waals surface area (Å²) in [5.41, 5.74) is 6.78. The molecule has 0 radical (unpaired) electrons. The SMILES string of the molecule is CC(C)(C)NC(=O)OC[C@@H](NC(=O)c1ccc(-c2nc(C3CCC(F)(F)CC3)cnc2N)cc1F)c1cccc(Cl)c1. The molecule has 4 rings (SSSR count). The molecule has 1 aliphatic rings. The van der Waals surface area contributed by atoms with Gasteiger partial charge in [0.15, 0.2) is 0 Å². The first-order valence-electron chi connectivity index (χ1n) is 13.5. The van der Waals surface area contributed by atoms with Gasteiger partial charge in [0.05, 0.1) is 23.5 Å². The van der Waals surface area contributed by atoms with E-state index < -0.39 is 35.3 Å². The number of hydrogen-bond acceptors (Lipinski definition) is 6. The Bertz CT molecular complexity index is 1450. The minimum atomic E-state index is -2.68. The lowest BCUT2D eigenvalue weighted by Gasteiger charge is -2.27. The van der Waals surface area contributed by atoms with E-state index in [1.807, 2.05) is 0 Å². The normalized spacial score (nSPS) is 16.0. The fourth-order valence-corrected chi connectivity index (χ4v) is 4.88. The third-order valence-corrected chi connectivity index (χ3v) is 7.09. The van der Waals surface area contributed by atoms with Crippen LogP contribution < -0.4 is 16.4 Å². The van der Waals surface area contributed by atoms with E-state index in [-0.39, 0.29) is 60.8 Å². The molecule has 3 aromatic rings. The number of nitrogens with one attached hydrogen (secondary N) is 2. The van der Waals surface area contributed by atoms with Crippen molar-refractivity contribution < 1.29 is 27.5 Å². The van der Waals surface area contributed by atoms with Crippen LogP contribution in [-0.4, -0.2) is 40.0 Å². The molecular formula is C30H33ClF3N5O3. The molecule has 224 valence electrons. The zero-order valence-electron chi connectivity index (χ0n) is 23.5. The molecule has 0 aliphatic heterocycles. The molecule has 1 aromatic heterocycles. The van der Waals surface area contributed by atoms with Gasteiger partial charge in [-0.25, -0.2) is 27.9 Å². The number of amides is 2. The molecule has 2 amide bonds. The highest BCUT2D eigenvalue weighted by Gasteiger charge is 2.36. The van der Waals surface area contributed by atoms with E-state index in [2.05, 4.69) is 20.6 Å². The van der Waals surface area contributed by atoms with E-state index in [0.717, 1.165) is 6.07 Å². The van der Waals surface area contributed by atoms with Crippen LogP contribution in [-0.2, 0) is 4.74 Å². The van der Waals surface area contributed by atoms with Crippen molar-refractivity contribution in [2.45, 2.75) is 69.9 Å². The summed E-state index contributed by atoms with van der Waals surface area (Å²) in [5.74, 6) is -4.44. The molecule has 8 nitrogen and oxygen atoms in total. The fraction of sp³-hybridized carbons (Fsp3) is 0.400. The smallest absolute Gasteiger partial charge is 0.407 e. The number of anilines is 1. The van der Waals surface area contributed by atoms with Crippen LogP contribution in [0.2, 0.25) is 5.02 Å². The van der Waals surface area contributed by atoms with Crippen molar-refractivity contribution in [3.8, 4) is 11.3 Å². The second-order valence-electron chi connectivity index (χ2n) is 11.4. The van der Waals surface area contributed by atoms with Crippen molar-refractivity contribution in [1.82, 2.24) is 20.6 Å². The molecular weight excluding hydrogens is 571 g/mol. The zero-order valence-corrected chi connectivity index (χ0v) is 24.3. The third kappa shape index (κ3) is 8.12. The first-order valence-corrected chi connectivity index (χ1v) is 13.9. The van der Waals surface area contributed by atoms with Crippen molar-refractivity contribution >= 4 is 29.4 Å². The van der Waals surface area contributed by atoms with Crippen molar-refractivity contribution in [3.63, 3.8) is 0 Å². The molecule has 0 bridgehead atoms. The summed E-state index contributed by atoms with van der Waals surface area (Å²) < 4.78 is 47.9. The molecule has 1 heterocycles. The Hall–Kier alpha value is -3.86. The van der Waals surface area contributed by atoms with Gasteiger partial charge in [-0.05, 0) is 63.4 Å². The summed E-state index contributed by atoms with van der Waals surface area (Å²) in [5, 5.41) is 5.79. The first kappa shape index (κ1) is 31.1. The van der Waals surface area contributed by atoms with Gasteiger partial charge in [0.1, 0.15) is 23.9 Å². The maximum atomic E-state index is 15.3. The number of nitrogens with zero attached hydrogens (tertiary/aromatic N) is 2. The number of benzene rings is 2. The highest BCUT2D eigenvalue weighted by Crippen LogP contribution is 2.41. The van der Waals surface area contributed by atoms with Crippen LogP contribution in [0.5, 0.6) is 0 Å². The van der Waals surface area contributed by atoms with Gasteiger partial charge in [-0.3, -0.25) is 4.79 Å². The molecule has 1 aliphatic carbocycles. The van der Waals surface area contributed by atoms with Gasteiger partial charge in [0.25, 0.3) is 5.91 Å². The van der Waals surface area contributed by atoms with E-state index in [1.165, 1.54) is 18.3 Å². The van der Waals surface area contributed by atoms with Gasteiger partial charge in [0, 0.05) is 34.9 Å². The number of ether oxygens (including phenoxy) is 1. The quantitative estimate of drug-likeness (QED) is 0.273. The van der Waals surface area contributed by atoms with Crippen molar-refractivity contribution in [3.05, 3.63) is 76.3 Å². The van der Waals surface area contributed by atoms with Gasteiger partial charge in [0.2, 0.25) is 5.92 Å². The number of nitrogen functional groups attached to an aromatic ring is 1. The fourth-order valence-electron chi connectivity index (χ4n) is 4.69. The van der Waals surface area contributed by atoms with Crippen LogP contribution in [0.1, 0.15) is 80.0 Å². The molecule has 0 spiro atoms. The Kier molecular flexibility index (Phi) is 9.30. The van der Waals surface area contributed by atoms with E-state index in [4.69, 9.17) is 22.1 Å². The van der Waals surface area contributed by atoms with Crippen LogP contribution in [0.15, 0.2) is 48.7 Å². The van der Waals surface area contributed by atoms with Gasteiger partial charge in [-0.15, -0.1) is 0 Å². The van der Waals surface area contributed by atoms with E-state index in [9.17, 15) is 18.4 Å². The minimum Gasteiger partial charge on any atom is -0.447 e. The van der Waals surface area contributed by atoms with Crippen LogP contribution in [0.4, 0.5) is 23.8 Å². The molecule has 1 fully saturated rings. The number of carbonyl (C=O) groups is 2. The number of nitrogens with two attached hydrogens (primary N) is 1. The monoisotopic (exact) mass is 603 g/mol. The molecule has 2 aromatic carbocycles. The maximum Gasteiger partial charge on any atom is 0.407 e. The van der Waals surface area contributed by atoms with Gasteiger partial charge in [-0.2, -0.15) is 0 Å². The minimum absolute atomic E-state index is 0.0446. The second kappa shape index (κ2) is 12.6. The largest absolute Gasteiger partial charge is 0.447 e. The first-order chi connectivity index (χ1) is 19.7. The number of aromatic nitrogens is 2. The van der Waals surface area contributed by atoms with Crippen LogP contribution in [0.3, 0.4) is 0 Å². The Labute approximate surface area is 247 Å². The molecule has 1 saturated carbocycles. The highest BCUT2D eigenvalue weighted by atomic mass is 35.5. The lowest BCUT2D eigenvalue weighted by molar-refractivity contribution is -0.0385. The Morgan fingerprint density at radius 2 is 1.88 bits per heavy atom. The van der Waals surface area contributed by atoms with Crippen molar-refractivity contribution in [2.75, 3.05) is 12.3 Å². The van der Waals surface area contributed by atoms with Gasteiger partial charge >= 0.3 is 6.09 Å². The average molecular weight is 604 g/mol. The number of rotatable bonds is 7. The predicted molar refractivity (Wildman–Crippen MR) is 154 cm³/mol. The predicted octanol–water partition coefficient (Wildman–Crippen LogP) is 6.81. The second-order valence-corrected chi connectivity index (χ2v) is 11.8. The third-order valence-electron chi connectivity index (χ3n) is 6.86. The summed E-state index contributed by atoms with van der Waals surface area (Å²) in [6.07, 6.45) is 0.828. The molecule has 4 N–H and O–H groups in total. The molecule has 0 unspecified atom stereocenters. The van der Waals surface area contributed by atoms with Crippen LogP contribution in [0.25, 0.3) is 11.3 Å².